The number of carbonyl (C=O) groups is 1. The molecule has 160 valence electrons. The van der Waals surface area contributed by atoms with Crippen molar-refractivity contribution in [2.45, 2.75) is 62.6 Å². The van der Waals surface area contributed by atoms with Crippen molar-refractivity contribution in [3.63, 3.8) is 0 Å². The molecule has 1 aliphatic carbocycles. The Hall–Kier alpha value is -1.01. The van der Waals surface area contributed by atoms with Crippen molar-refractivity contribution in [3.8, 4) is 5.75 Å². The normalized spacial score (nSPS) is 30.0. The highest BCUT2D eigenvalue weighted by Gasteiger charge is 2.47. The van der Waals surface area contributed by atoms with Gasteiger partial charge in [-0.05, 0) is 70.2 Å². The van der Waals surface area contributed by atoms with Gasteiger partial charge in [0, 0.05) is 31.8 Å². The predicted octanol–water partition coefficient (Wildman–Crippen LogP) is 4.40. The van der Waals surface area contributed by atoms with E-state index in [0.29, 0.717) is 21.8 Å². The second-order valence-electron chi connectivity index (χ2n) is 8.62. The molecule has 3 atom stereocenters. The monoisotopic (exact) mass is 440 g/mol. The van der Waals surface area contributed by atoms with Gasteiger partial charge in [0.15, 0.2) is 6.61 Å². The zero-order chi connectivity index (χ0) is 20.4. The SMILES string of the molecule is CN(C(=O)COc1ccc(Cl)c(Cl)c1)C1CCC2(CCCO2)CC1N1CCCC1. The van der Waals surface area contributed by atoms with Gasteiger partial charge in [0.05, 0.1) is 15.6 Å². The predicted molar refractivity (Wildman–Crippen MR) is 115 cm³/mol. The summed E-state index contributed by atoms with van der Waals surface area (Å²) in [5, 5.41) is 0.898. The van der Waals surface area contributed by atoms with Crippen LogP contribution in [0.1, 0.15) is 44.9 Å². The Morgan fingerprint density at radius 3 is 2.72 bits per heavy atom. The van der Waals surface area contributed by atoms with Gasteiger partial charge in [0.2, 0.25) is 0 Å². The minimum atomic E-state index is -0.00596. The van der Waals surface area contributed by atoms with Gasteiger partial charge in [0.1, 0.15) is 5.75 Å². The molecule has 2 saturated heterocycles. The third-order valence-electron chi connectivity index (χ3n) is 6.86. The molecule has 1 amide bonds. The third-order valence-corrected chi connectivity index (χ3v) is 7.60. The first-order chi connectivity index (χ1) is 14.0. The molecule has 1 saturated carbocycles. The summed E-state index contributed by atoms with van der Waals surface area (Å²) >= 11 is 12.0. The summed E-state index contributed by atoms with van der Waals surface area (Å²) in [5.41, 5.74) is 0.0319. The largest absolute Gasteiger partial charge is 0.484 e. The maximum absolute atomic E-state index is 12.9. The van der Waals surface area contributed by atoms with Crippen LogP contribution in [0.5, 0.6) is 5.75 Å². The van der Waals surface area contributed by atoms with Crippen LogP contribution in [0.4, 0.5) is 0 Å². The van der Waals surface area contributed by atoms with E-state index >= 15 is 0 Å². The first-order valence-corrected chi connectivity index (χ1v) is 11.4. The van der Waals surface area contributed by atoms with Gasteiger partial charge >= 0.3 is 0 Å². The van der Waals surface area contributed by atoms with Crippen molar-refractivity contribution < 1.29 is 14.3 Å². The third kappa shape index (κ3) is 4.68. The lowest BCUT2D eigenvalue weighted by Gasteiger charge is -2.48. The number of hydrogen-bond acceptors (Lipinski definition) is 4. The van der Waals surface area contributed by atoms with Gasteiger partial charge in [-0.1, -0.05) is 23.2 Å². The number of ether oxygens (including phenoxy) is 2. The van der Waals surface area contributed by atoms with Crippen molar-refractivity contribution in [1.82, 2.24) is 9.80 Å². The lowest BCUT2D eigenvalue weighted by atomic mass is 9.76. The Morgan fingerprint density at radius 1 is 1.24 bits per heavy atom. The number of likely N-dealkylation sites (tertiary alicyclic amines) is 1. The summed E-state index contributed by atoms with van der Waals surface area (Å²) in [6.07, 6.45) is 7.85. The summed E-state index contributed by atoms with van der Waals surface area (Å²) in [7, 11) is 1.92. The summed E-state index contributed by atoms with van der Waals surface area (Å²) in [5.74, 6) is 0.549. The highest BCUT2D eigenvalue weighted by molar-refractivity contribution is 6.42. The fourth-order valence-corrected chi connectivity index (χ4v) is 5.52. The van der Waals surface area contributed by atoms with E-state index in [9.17, 15) is 4.79 Å². The van der Waals surface area contributed by atoms with Crippen LogP contribution in [0.2, 0.25) is 10.0 Å². The molecule has 2 heterocycles. The summed E-state index contributed by atoms with van der Waals surface area (Å²) < 4.78 is 11.9. The summed E-state index contributed by atoms with van der Waals surface area (Å²) in [4.78, 5) is 17.4. The van der Waals surface area contributed by atoms with Crippen LogP contribution in [-0.4, -0.2) is 66.7 Å². The van der Waals surface area contributed by atoms with E-state index in [1.54, 1.807) is 18.2 Å². The molecule has 3 unspecified atom stereocenters. The zero-order valence-corrected chi connectivity index (χ0v) is 18.6. The molecule has 0 radical (unpaired) electrons. The lowest BCUT2D eigenvalue weighted by molar-refractivity contribution is -0.139. The lowest BCUT2D eigenvalue weighted by Crippen LogP contribution is -2.58. The van der Waals surface area contributed by atoms with Crippen LogP contribution in [-0.2, 0) is 9.53 Å². The first kappa shape index (κ1) is 21.2. The minimum absolute atomic E-state index is 0.000671. The van der Waals surface area contributed by atoms with Gasteiger partial charge in [-0.2, -0.15) is 0 Å². The highest BCUT2D eigenvalue weighted by Crippen LogP contribution is 2.43. The topological polar surface area (TPSA) is 42.0 Å². The van der Waals surface area contributed by atoms with Gasteiger partial charge in [0.25, 0.3) is 5.91 Å². The molecule has 2 aliphatic heterocycles. The van der Waals surface area contributed by atoms with Crippen LogP contribution in [0, 0.1) is 0 Å². The Bertz CT molecular complexity index is 733. The molecule has 1 spiro atoms. The molecular weight excluding hydrogens is 411 g/mol. The van der Waals surface area contributed by atoms with Crippen molar-refractivity contribution >= 4 is 29.1 Å². The Labute approximate surface area is 183 Å². The molecule has 1 aromatic rings. The number of benzene rings is 1. The molecule has 0 bridgehead atoms. The van der Waals surface area contributed by atoms with E-state index in [-0.39, 0.29) is 24.2 Å². The van der Waals surface area contributed by atoms with E-state index < -0.39 is 0 Å². The number of halogens is 2. The number of amides is 1. The quantitative estimate of drug-likeness (QED) is 0.680. The van der Waals surface area contributed by atoms with E-state index in [1.807, 2.05) is 11.9 Å². The smallest absolute Gasteiger partial charge is 0.260 e. The van der Waals surface area contributed by atoms with E-state index in [1.165, 1.54) is 12.8 Å². The van der Waals surface area contributed by atoms with Gasteiger partial charge in [-0.3, -0.25) is 9.69 Å². The fourth-order valence-electron chi connectivity index (χ4n) is 5.23. The number of nitrogens with zero attached hydrogens (tertiary/aromatic N) is 2. The second-order valence-corrected chi connectivity index (χ2v) is 9.44. The Balaban J connectivity index is 1.41. The van der Waals surface area contributed by atoms with Gasteiger partial charge in [-0.15, -0.1) is 0 Å². The minimum Gasteiger partial charge on any atom is -0.484 e. The first-order valence-electron chi connectivity index (χ1n) is 10.7. The van der Waals surface area contributed by atoms with Gasteiger partial charge in [-0.25, -0.2) is 0 Å². The molecule has 7 heteroatoms. The standard InChI is InChI=1S/C22H30Cl2N2O3/c1-25(21(27)15-28-16-5-6-17(23)18(24)13-16)19-7-9-22(8-4-12-29-22)14-20(19)26-10-2-3-11-26/h5-6,13,19-20H,2-4,7-12,14-15H2,1H3. The van der Waals surface area contributed by atoms with E-state index in [2.05, 4.69) is 4.90 Å². The summed E-state index contributed by atoms with van der Waals surface area (Å²) in [6.45, 7) is 3.13. The fraction of sp³-hybridized carbons (Fsp3) is 0.682. The average molecular weight is 441 g/mol. The van der Waals surface area contributed by atoms with E-state index in [4.69, 9.17) is 32.7 Å². The number of carbonyl (C=O) groups excluding carboxylic acids is 1. The van der Waals surface area contributed by atoms with Crippen LogP contribution in [0.15, 0.2) is 18.2 Å². The van der Waals surface area contributed by atoms with Crippen LogP contribution < -0.4 is 4.74 Å². The second kappa shape index (κ2) is 9.01. The number of hydrogen-bond donors (Lipinski definition) is 0. The maximum atomic E-state index is 12.9. The molecule has 5 nitrogen and oxygen atoms in total. The molecule has 4 rings (SSSR count). The van der Waals surface area contributed by atoms with Crippen LogP contribution in [0.25, 0.3) is 0 Å². The number of likely N-dealkylation sites (N-methyl/N-ethyl adjacent to an activating group) is 1. The molecule has 0 N–H and O–H groups in total. The molecule has 0 aromatic heterocycles. The molecule has 3 fully saturated rings. The van der Waals surface area contributed by atoms with Crippen molar-refractivity contribution in [3.05, 3.63) is 28.2 Å². The van der Waals surface area contributed by atoms with Crippen molar-refractivity contribution in [2.75, 3.05) is 33.4 Å². The summed E-state index contributed by atoms with van der Waals surface area (Å²) in [6, 6.07) is 5.62. The Morgan fingerprint density at radius 2 is 2.03 bits per heavy atom. The highest BCUT2D eigenvalue weighted by atomic mass is 35.5. The average Bonchev–Trinajstić information content (AvgIpc) is 3.41. The molecular formula is C22H30Cl2N2O3. The van der Waals surface area contributed by atoms with Crippen LogP contribution >= 0.6 is 23.2 Å². The molecule has 1 aromatic carbocycles. The Kier molecular flexibility index (Phi) is 6.59. The van der Waals surface area contributed by atoms with Gasteiger partial charge < -0.3 is 14.4 Å². The van der Waals surface area contributed by atoms with Crippen LogP contribution in [0.3, 0.4) is 0 Å². The number of rotatable bonds is 5. The van der Waals surface area contributed by atoms with E-state index in [0.717, 1.165) is 51.8 Å². The van der Waals surface area contributed by atoms with Crippen molar-refractivity contribution in [2.24, 2.45) is 0 Å². The zero-order valence-electron chi connectivity index (χ0n) is 17.0. The maximum Gasteiger partial charge on any atom is 0.260 e. The van der Waals surface area contributed by atoms with Crippen molar-refractivity contribution in [1.29, 1.82) is 0 Å². The molecule has 29 heavy (non-hydrogen) atoms. The molecule has 3 aliphatic rings.